The summed E-state index contributed by atoms with van der Waals surface area (Å²) >= 11 is 0. The van der Waals surface area contributed by atoms with E-state index in [4.69, 9.17) is 0 Å². The van der Waals surface area contributed by atoms with Crippen molar-refractivity contribution in [1.29, 1.82) is 0 Å². The summed E-state index contributed by atoms with van der Waals surface area (Å²) in [6.45, 7) is 6.76. The van der Waals surface area contributed by atoms with Gasteiger partial charge in [-0.15, -0.1) is 0 Å². The van der Waals surface area contributed by atoms with E-state index in [1.54, 1.807) is 23.2 Å². The van der Waals surface area contributed by atoms with Crippen molar-refractivity contribution >= 4 is 22.8 Å². The van der Waals surface area contributed by atoms with Crippen molar-refractivity contribution in [3.63, 3.8) is 0 Å². The lowest BCUT2D eigenvalue weighted by molar-refractivity contribution is -0.134. The molecule has 8 heteroatoms. The van der Waals surface area contributed by atoms with Crippen LogP contribution in [-0.2, 0) is 30.2 Å². The molecule has 1 aliphatic heterocycles. The van der Waals surface area contributed by atoms with E-state index in [1.165, 1.54) is 0 Å². The molecular weight excluding hydrogens is 358 g/mol. The molecular formula is C20H29N5O3. The molecule has 1 aliphatic rings. The number of aryl methyl sites for hydroxylation is 2. The molecule has 2 amide bonds. The zero-order chi connectivity index (χ0) is 20.4. The molecule has 152 valence electrons. The smallest absolute Gasteiger partial charge is 0.328 e. The predicted octanol–water partition coefficient (Wildman–Crippen LogP) is 0.340. The first-order valence-corrected chi connectivity index (χ1v) is 9.70. The van der Waals surface area contributed by atoms with Crippen LogP contribution in [0.15, 0.2) is 23.0 Å². The van der Waals surface area contributed by atoms with Crippen molar-refractivity contribution in [1.82, 2.24) is 24.7 Å². The number of hydrogen-bond acceptors (Lipinski definition) is 4. The van der Waals surface area contributed by atoms with Gasteiger partial charge in [-0.25, -0.2) is 4.79 Å². The summed E-state index contributed by atoms with van der Waals surface area (Å²) in [5.41, 5.74) is 2.51. The molecule has 8 nitrogen and oxygen atoms in total. The number of rotatable bonds is 6. The predicted molar refractivity (Wildman–Crippen MR) is 108 cm³/mol. The Morgan fingerprint density at radius 1 is 1.21 bits per heavy atom. The number of nitrogens with one attached hydrogen (secondary N) is 2. The molecule has 28 heavy (non-hydrogen) atoms. The van der Waals surface area contributed by atoms with Crippen molar-refractivity contribution in [2.24, 2.45) is 20.0 Å². The SMILES string of the molecule is CC(C)CN1CCNC(=O)[C@H]1CC(=O)NCc1ccc2c(c1)n(C)c(=O)n2C. The molecule has 3 rings (SSSR count). The zero-order valence-electron chi connectivity index (χ0n) is 17.0. The number of hydrogen-bond donors (Lipinski definition) is 2. The van der Waals surface area contributed by atoms with E-state index < -0.39 is 6.04 Å². The lowest BCUT2D eigenvalue weighted by Gasteiger charge is -2.35. The number of carbonyl (C=O) groups is 2. The van der Waals surface area contributed by atoms with Gasteiger partial charge in [0.25, 0.3) is 0 Å². The highest BCUT2D eigenvalue weighted by molar-refractivity contribution is 5.88. The van der Waals surface area contributed by atoms with Crippen LogP contribution >= 0.6 is 0 Å². The van der Waals surface area contributed by atoms with Crippen LogP contribution in [0, 0.1) is 5.92 Å². The standard InChI is InChI=1S/C20H29N5O3/c1-13(2)12-25-8-7-21-19(27)17(25)10-18(26)22-11-14-5-6-15-16(9-14)24(4)20(28)23(15)3/h5-6,9,13,17H,7-8,10-12H2,1-4H3,(H,21,27)(H,22,26)/t17-/m1/s1. The Morgan fingerprint density at radius 2 is 1.93 bits per heavy atom. The van der Waals surface area contributed by atoms with Crippen LogP contribution in [-0.4, -0.2) is 51.5 Å². The molecule has 1 atom stereocenters. The molecule has 1 fully saturated rings. The third-order valence-electron chi connectivity index (χ3n) is 5.25. The van der Waals surface area contributed by atoms with Gasteiger partial charge in [0.2, 0.25) is 11.8 Å². The molecule has 2 heterocycles. The lowest BCUT2D eigenvalue weighted by atomic mass is 10.1. The maximum absolute atomic E-state index is 12.5. The van der Waals surface area contributed by atoms with Gasteiger partial charge in [0.1, 0.15) is 0 Å². The first kappa shape index (κ1) is 20.1. The summed E-state index contributed by atoms with van der Waals surface area (Å²) in [5.74, 6) is 0.196. The number of amides is 2. The van der Waals surface area contributed by atoms with E-state index in [0.717, 1.165) is 29.7 Å². The van der Waals surface area contributed by atoms with E-state index in [9.17, 15) is 14.4 Å². The van der Waals surface area contributed by atoms with E-state index >= 15 is 0 Å². The molecule has 0 saturated carbocycles. The fraction of sp³-hybridized carbons (Fsp3) is 0.550. The summed E-state index contributed by atoms with van der Waals surface area (Å²) in [5, 5.41) is 5.76. The number of nitrogens with zero attached hydrogens (tertiary/aromatic N) is 3. The monoisotopic (exact) mass is 387 g/mol. The van der Waals surface area contributed by atoms with Gasteiger partial charge < -0.3 is 10.6 Å². The maximum Gasteiger partial charge on any atom is 0.328 e. The third kappa shape index (κ3) is 4.11. The second-order valence-corrected chi connectivity index (χ2v) is 7.90. The number of imidazole rings is 1. The van der Waals surface area contributed by atoms with E-state index in [0.29, 0.717) is 19.0 Å². The highest BCUT2D eigenvalue weighted by Gasteiger charge is 2.31. The minimum Gasteiger partial charge on any atom is -0.353 e. The topological polar surface area (TPSA) is 88.4 Å². The normalized spacial score (nSPS) is 17.9. The lowest BCUT2D eigenvalue weighted by Crippen LogP contribution is -2.57. The van der Waals surface area contributed by atoms with Gasteiger partial charge in [0.15, 0.2) is 0 Å². The van der Waals surface area contributed by atoms with Gasteiger partial charge in [-0.05, 0) is 23.6 Å². The van der Waals surface area contributed by atoms with Crippen LogP contribution in [0.2, 0.25) is 0 Å². The van der Waals surface area contributed by atoms with Gasteiger partial charge in [-0.1, -0.05) is 19.9 Å². The van der Waals surface area contributed by atoms with Crippen LogP contribution in [0.5, 0.6) is 0 Å². The van der Waals surface area contributed by atoms with Crippen LogP contribution in [0.4, 0.5) is 0 Å². The number of fused-ring (bicyclic) bond motifs is 1. The Bertz CT molecular complexity index is 943. The average Bonchev–Trinajstić information content (AvgIpc) is 2.86. The van der Waals surface area contributed by atoms with Crippen molar-refractivity contribution in [2.45, 2.75) is 32.9 Å². The second-order valence-electron chi connectivity index (χ2n) is 7.90. The van der Waals surface area contributed by atoms with Crippen molar-refractivity contribution in [3.8, 4) is 0 Å². The minimum atomic E-state index is -0.423. The van der Waals surface area contributed by atoms with Crippen LogP contribution in [0.1, 0.15) is 25.8 Å². The summed E-state index contributed by atoms with van der Waals surface area (Å²) in [7, 11) is 3.47. The van der Waals surface area contributed by atoms with E-state index in [1.807, 2.05) is 18.2 Å². The van der Waals surface area contributed by atoms with Crippen LogP contribution in [0.3, 0.4) is 0 Å². The number of benzene rings is 1. The molecule has 2 aromatic rings. The molecule has 0 radical (unpaired) electrons. The third-order valence-corrected chi connectivity index (χ3v) is 5.25. The zero-order valence-corrected chi connectivity index (χ0v) is 17.0. The molecule has 2 N–H and O–H groups in total. The van der Waals surface area contributed by atoms with Gasteiger partial charge >= 0.3 is 5.69 Å². The first-order valence-electron chi connectivity index (χ1n) is 9.70. The summed E-state index contributed by atoms with van der Waals surface area (Å²) in [6, 6.07) is 5.28. The number of carbonyl (C=O) groups excluding carboxylic acids is 2. The Kier molecular flexibility index (Phi) is 5.88. The summed E-state index contributed by atoms with van der Waals surface area (Å²) in [4.78, 5) is 38.9. The molecule has 0 unspecified atom stereocenters. The Hall–Kier alpha value is -2.61. The largest absolute Gasteiger partial charge is 0.353 e. The number of piperazine rings is 1. The first-order chi connectivity index (χ1) is 13.3. The van der Waals surface area contributed by atoms with Crippen molar-refractivity contribution in [3.05, 3.63) is 34.2 Å². The van der Waals surface area contributed by atoms with Crippen molar-refractivity contribution in [2.75, 3.05) is 19.6 Å². The van der Waals surface area contributed by atoms with Gasteiger partial charge in [0, 0.05) is 40.3 Å². The van der Waals surface area contributed by atoms with Crippen LogP contribution in [0.25, 0.3) is 11.0 Å². The molecule has 0 aliphatic carbocycles. The van der Waals surface area contributed by atoms with Gasteiger partial charge in [-0.3, -0.25) is 23.6 Å². The van der Waals surface area contributed by atoms with Crippen molar-refractivity contribution < 1.29 is 9.59 Å². The highest BCUT2D eigenvalue weighted by Crippen LogP contribution is 2.15. The van der Waals surface area contributed by atoms with E-state index in [2.05, 4.69) is 29.4 Å². The Balaban J connectivity index is 1.65. The van der Waals surface area contributed by atoms with Crippen LogP contribution < -0.4 is 16.3 Å². The fourth-order valence-corrected chi connectivity index (χ4v) is 3.78. The molecule has 0 spiro atoms. The molecule has 1 aromatic heterocycles. The fourth-order valence-electron chi connectivity index (χ4n) is 3.78. The highest BCUT2D eigenvalue weighted by atomic mass is 16.2. The second kappa shape index (κ2) is 8.18. The van der Waals surface area contributed by atoms with Gasteiger partial charge in [0.05, 0.1) is 23.5 Å². The summed E-state index contributed by atoms with van der Waals surface area (Å²) < 4.78 is 3.19. The quantitative estimate of drug-likeness (QED) is 0.748. The Morgan fingerprint density at radius 3 is 2.64 bits per heavy atom. The number of aromatic nitrogens is 2. The van der Waals surface area contributed by atoms with Gasteiger partial charge in [-0.2, -0.15) is 0 Å². The molecule has 1 saturated heterocycles. The maximum atomic E-state index is 12.5. The average molecular weight is 387 g/mol. The minimum absolute atomic E-state index is 0.0789. The summed E-state index contributed by atoms with van der Waals surface area (Å²) in [6.07, 6.45) is 0.143. The Labute approximate surface area is 164 Å². The van der Waals surface area contributed by atoms with E-state index in [-0.39, 0.29) is 23.9 Å². The molecule has 1 aromatic carbocycles. The molecule has 0 bridgehead atoms.